The number of rotatable bonds is 7. The summed E-state index contributed by atoms with van der Waals surface area (Å²) in [5.74, 6) is 0.964. The molecule has 0 amide bonds. The highest BCUT2D eigenvalue weighted by Gasteiger charge is 2.10. The minimum Gasteiger partial charge on any atom is -0.370 e. The van der Waals surface area contributed by atoms with Crippen molar-refractivity contribution in [3.05, 3.63) is 40.7 Å². The molecule has 0 aliphatic carbocycles. The van der Waals surface area contributed by atoms with Gasteiger partial charge in [-0.3, -0.25) is 14.8 Å². The average Bonchev–Trinajstić information content (AvgIpc) is 2.92. The number of aromatic nitrogens is 3. The largest absolute Gasteiger partial charge is 0.370 e. The maximum atomic E-state index is 10.9. The first-order valence-electron chi connectivity index (χ1n) is 6.30. The lowest BCUT2D eigenvalue weighted by Gasteiger charge is -2.08. The predicted molar refractivity (Wildman–Crippen MR) is 75.8 cm³/mol. The summed E-state index contributed by atoms with van der Waals surface area (Å²) >= 11 is 0. The molecule has 106 valence electrons. The van der Waals surface area contributed by atoms with Gasteiger partial charge in [0.25, 0.3) is 5.69 Å². The zero-order valence-electron chi connectivity index (χ0n) is 11.1. The van der Waals surface area contributed by atoms with Gasteiger partial charge in [-0.05, 0) is 13.0 Å². The molecule has 0 saturated heterocycles. The second-order valence-corrected chi connectivity index (χ2v) is 4.08. The molecule has 20 heavy (non-hydrogen) atoms. The van der Waals surface area contributed by atoms with Crippen molar-refractivity contribution in [2.24, 2.45) is 0 Å². The van der Waals surface area contributed by atoms with Gasteiger partial charge in [0.1, 0.15) is 11.6 Å². The second kappa shape index (κ2) is 6.50. The predicted octanol–water partition coefficient (Wildman–Crippen LogP) is 1.73. The summed E-state index contributed by atoms with van der Waals surface area (Å²) < 4.78 is 1.77. The van der Waals surface area contributed by atoms with Gasteiger partial charge in [0.2, 0.25) is 0 Å². The van der Waals surface area contributed by atoms with E-state index in [1.165, 1.54) is 12.1 Å². The molecule has 0 radical (unpaired) electrons. The van der Waals surface area contributed by atoms with E-state index in [0.29, 0.717) is 31.3 Å². The highest BCUT2D eigenvalue weighted by molar-refractivity contribution is 5.54. The number of nitro groups is 1. The quantitative estimate of drug-likeness (QED) is 0.590. The van der Waals surface area contributed by atoms with Gasteiger partial charge in [-0.15, -0.1) is 0 Å². The van der Waals surface area contributed by atoms with Crippen molar-refractivity contribution in [3.8, 4) is 0 Å². The molecule has 2 rings (SSSR count). The summed E-state index contributed by atoms with van der Waals surface area (Å²) in [5.41, 5.74) is 0.0116. The first kappa shape index (κ1) is 13.8. The molecule has 8 heteroatoms. The zero-order valence-corrected chi connectivity index (χ0v) is 11.1. The van der Waals surface area contributed by atoms with Crippen molar-refractivity contribution < 1.29 is 4.92 Å². The van der Waals surface area contributed by atoms with Crippen LogP contribution in [0.5, 0.6) is 0 Å². The fourth-order valence-corrected chi connectivity index (χ4v) is 1.72. The Morgan fingerprint density at radius 2 is 2.10 bits per heavy atom. The van der Waals surface area contributed by atoms with Crippen LogP contribution in [0.2, 0.25) is 0 Å². The molecule has 0 saturated carbocycles. The Morgan fingerprint density at radius 3 is 2.70 bits per heavy atom. The Hall–Kier alpha value is -2.64. The molecule has 0 unspecified atom stereocenters. The van der Waals surface area contributed by atoms with Crippen molar-refractivity contribution >= 4 is 17.3 Å². The van der Waals surface area contributed by atoms with Crippen LogP contribution in [0.4, 0.5) is 17.3 Å². The van der Waals surface area contributed by atoms with Gasteiger partial charge >= 0.3 is 0 Å². The number of nitrogens with zero attached hydrogens (tertiary/aromatic N) is 4. The molecular weight excluding hydrogens is 260 g/mol. The number of hydrogen-bond donors (Lipinski definition) is 2. The molecule has 0 spiro atoms. The smallest absolute Gasteiger partial charge is 0.276 e. The molecule has 0 bridgehead atoms. The SMILES string of the molecule is CCNc1cc([N+](=O)[O-])cc(NCCn2cccn2)n1. The van der Waals surface area contributed by atoms with Crippen LogP contribution >= 0.6 is 0 Å². The summed E-state index contributed by atoms with van der Waals surface area (Å²) in [7, 11) is 0. The van der Waals surface area contributed by atoms with Gasteiger partial charge < -0.3 is 10.6 Å². The van der Waals surface area contributed by atoms with Crippen LogP contribution in [-0.2, 0) is 6.54 Å². The maximum Gasteiger partial charge on any atom is 0.276 e. The fraction of sp³-hybridized carbons (Fsp3) is 0.333. The topological polar surface area (TPSA) is 97.9 Å². The number of hydrogen-bond acceptors (Lipinski definition) is 6. The highest BCUT2D eigenvalue weighted by atomic mass is 16.6. The second-order valence-electron chi connectivity index (χ2n) is 4.08. The van der Waals surface area contributed by atoms with Gasteiger partial charge in [-0.25, -0.2) is 4.98 Å². The van der Waals surface area contributed by atoms with E-state index in [1.54, 1.807) is 10.9 Å². The van der Waals surface area contributed by atoms with Crippen molar-refractivity contribution in [3.63, 3.8) is 0 Å². The van der Waals surface area contributed by atoms with Crippen molar-refractivity contribution in [1.29, 1.82) is 0 Å². The van der Waals surface area contributed by atoms with E-state index in [0.717, 1.165) is 0 Å². The first-order chi connectivity index (χ1) is 9.69. The zero-order chi connectivity index (χ0) is 14.4. The highest BCUT2D eigenvalue weighted by Crippen LogP contribution is 2.20. The maximum absolute atomic E-state index is 10.9. The van der Waals surface area contributed by atoms with Crippen LogP contribution in [0, 0.1) is 10.1 Å². The summed E-state index contributed by atoms with van der Waals surface area (Å²) in [6.45, 7) is 3.81. The molecule has 0 aliphatic heterocycles. The van der Waals surface area contributed by atoms with E-state index in [-0.39, 0.29) is 5.69 Å². The van der Waals surface area contributed by atoms with Crippen molar-refractivity contribution in [2.45, 2.75) is 13.5 Å². The third-order valence-corrected chi connectivity index (χ3v) is 2.59. The van der Waals surface area contributed by atoms with Gasteiger partial charge in [-0.2, -0.15) is 5.10 Å². The summed E-state index contributed by atoms with van der Waals surface area (Å²) in [6, 6.07) is 4.68. The van der Waals surface area contributed by atoms with Crippen molar-refractivity contribution in [1.82, 2.24) is 14.8 Å². The number of nitrogens with one attached hydrogen (secondary N) is 2. The summed E-state index contributed by atoms with van der Waals surface area (Å²) in [5, 5.41) is 21.0. The average molecular weight is 276 g/mol. The lowest BCUT2D eigenvalue weighted by molar-refractivity contribution is -0.384. The molecule has 0 fully saturated rings. The van der Waals surface area contributed by atoms with Crippen LogP contribution in [0.15, 0.2) is 30.6 Å². The van der Waals surface area contributed by atoms with E-state index >= 15 is 0 Å². The molecule has 0 aliphatic rings. The molecule has 0 aromatic carbocycles. The van der Waals surface area contributed by atoms with Crippen LogP contribution in [-0.4, -0.2) is 32.8 Å². The molecule has 2 aromatic heterocycles. The Balaban J connectivity index is 2.03. The third-order valence-electron chi connectivity index (χ3n) is 2.59. The lowest BCUT2D eigenvalue weighted by Crippen LogP contribution is -2.12. The molecular formula is C12H16N6O2. The van der Waals surface area contributed by atoms with Crippen LogP contribution in [0.25, 0.3) is 0 Å². The Labute approximate surface area is 116 Å². The summed E-state index contributed by atoms with van der Waals surface area (Å²) in [4.78, 5) is 14.7. The van der Waals surface area contributed by atoms with E-state index in [1.807, 2.05) is 19.2 Å². The minimum atomic E-state index is -0.429. The Bertz CT molecular complexity index is 569. The number of pyridine rings is 1. The lowest BCUT2D eigenvalue weighted by atomic mass is 10.3. The minimum absolute atomic E-state index is 0.0116. The van der Waals surface area contributed by atoms with Gasteiger partial charge in [-0.1, -0.05) is 0 Å². The Kier molecular flexibility index (Phi) is 4.48. The standard InChI is InChI=1S/C12H16N6O2/c1-2-13-11-8-10(18(19)20)9-12(16-11)14-5-7-17-6-3-4-15-17/h3-4,6,8-9H,2,5,7H2,1H3,(H2,13,14,16). The van der Waals surface area contributed by atoms with Gasteiger partial charge in [0.15, 0.2) is 0 Å². The van der Waals surface area contributed by atoms with Crippen molar-refractivity contribution in [2.75, 3.05) is 23.7 Å². The van der Waals surface area contributed by atoms with E-state index in [4.69, 9.17) is 0 Å². The first-order valence-corrected chi connectivity index (χ1v) is 6.30. The van der Waals surface area contributed by atoms with Crippen LogP contribution < -0.4 is 10.6 Å². The van der Waals surface area contributed by atoms with Gasteiger partial charge in [0.05, 0.1) is 23.6 Å². The third kappa shape index (κ3) is 3.67. The van der Waals surface area contributed by atoms with Gasteiger partial charge in [0, 0.05) is 25.5 Å². The molecule has 2 heterocycles. The molecule has 0 atom stereocenters. The van der Waals surface area contributed by atoms with E-state index < -0.39 is 4.92 Å². The monoisotopic (exact) mass is 276 g/mol. The molecule has 2 aromatic rings. The fourth-order valence-electron chi connectivity index (χ4n) is 1.72. The normalized spacial score (nSPS) is 10.2. The van der Waals surface area contributed by atoms with Crippen LogP contribution in [0.1, 0.15) is 6.92 Å². The Morgan fingerprint density at radius 1 is 1.35 bits per heavy atom. The molecule has 8 nitrogen and oxygen atoms in total. The van der Waals surface area contributed by atoms with E-state index in [9.17, 15) is 10.1 Å². The summed E-state index contributed by atoms with van der Waals surface area (Å²) in [6.07, 6.45) is 3.56. The van der Waals surface area contributed by atoms with Crippen LogP contribution in [0.3, 0.4) is 0 Å². The van der Waals surface area contributed by atoms with E-state index in [2.05, 4.69) is 20.7 Å². The molecule has 2 N–H and O–H groups in total. The number of anilines is 2.